The highest BCUT2D eigenvalue weighted by molar-refractivity contribution is 6.18. The maximum Gasteiger partial charge on any atom is 0.401 e. The van der Waals surface area contributed by atoms with Gasteiger partial charge in [-0.3, -0.25) is 9.58 Å². The average molecular weight is 270 g/mol. The molecule has 98 valence electrons. The molecule has 1 aromatic rings. The summed E-state index contributed by atoms with van der Waals surface area (Å²) in [5.74, 6) is 0.198. The van der Waals surface area contributed by atoms with Crippen LogP contribution < -0.4 is 0 Å². The molecule has 0 aliphatic heterocycles. The molecule has 0 amide bonds. The quantitative estimate of drug-likeness (QED) is 0.737. The second kappa shape index (κ2) is 6.26. The Morgan fingerprint density at radius 2 is 2.12 bits per heavy atom. The van der Waals surface area contributed by atoms with E-state index in [0.717, 1.165) is 5.56 Å². The molecule has 0 aliphatic carbocycles. The summed E-state index contributed by atoms with van der Waals surface area (Å²) < 4.78 is 38.4. The number of nitrogens with zero attached hydrogens (tertiary/aromatic N) is 3. The molecule has 0 atom stereocenters. The summed E-state index contributed by atoms with van der Waals surface area (Å²) in [7, 11) is 1.77. The van der Waals surface area contributed by atoms with Gasteiger partial charge in [-0.15, -0.1) is 11.6 Å². The molecule has 1 aromatic heterocycles. The second-order valence-electron chi connectivity index (χ2n) is 3.85. The minimum atomic E-state index is -4.18. The van der Waals surface area contributed by atoms with Crippen LogP contribution in [0.3, 0.4) is 0 Å². The van der Waals surface area contributed by atoms with Crippen molar-refractivity contribution < 1.29 is 13.2 Å². The highest BCUT2D eigenvalue weighted by Gasteiger charge is 2.30. The Labute approximate surface area is 103 Å². The number of hydrogen-bond donors (Lipinski definition) is 0. The van der Waals surface area contributed by atoms with Crippen molar-refractivity contribution in [2.45, 2.75) is 12.6 Å². The summed E-state index contributed by atoms with van der Waals surface area (Å²) in [5, 5.41) is 3.97. The van der Waals surface area contributed by atoms with Crippen LogP contribution in [0.4, 0.5) is 13.2 Å². The Morgan fingerprint density at radius 3 is 2.59 bits per heavy atom. The van der Waals surface area contributed by atoms with Gasteiger partial charge in [0.2, 0.25) is 0 Å². The van der Waals surface area contributed by atoms with Gasteiger partial charge in [0, 0.05) is 32.2 Å². The van der Waals surface area contributed by atoms with E-state index in [9.17, 15) is 13.2 Å². The molecule has 0 bridgehead atoms. The Morgan fingerprint density at radius 1 is 1.41 bits per heavy atom. The van der Waals surface area contributed by atoms with Gasteiger partial charge >= 0.3 is 6.18 Å². The lowest BCUT2D eigenvalue weighted by Gasteiger charge is -2.22. The zero-order valence-electron chi connectivity index (χ0n) is 9.54. The molecule has 17 heavy (non-hydrogen) atoms. The third kappa shape index (κ3) is 5.93. The molecule has 7 heteroatoms. The first kappa shape index (κ1) is 14.3. The maximum absolute atomic E-state index is 12.3. The zero-order valence-corrected chi connectivity index (χ0v) is 10.3. The van der Waals surface area contributed by atoms with Gasteiger partial charge in [0.05, 0.1) is 12.7 Å². The molecule has 0 aromatic carbocycles. The van der Waals surface area contributed by atoms with Crippen LogP contribution in [0.25, 0.3) is 0 Å². The first-order chi connectivity index (χ1) is 7.90. The number of aromatic nitrogens is 2. The number of alkyl halides is 4. The number of rotatable bonds is 6. The van der Waals surface area contributed by atoms with Crippen LogP contribution in [0.5, 0.6) is 0 Å². The van der Waals surface area contributed by atoms with Crippen molar-refractivity contribution >= 4 is 11.6 Å². The van der Waals surface area contributed by atoms with E-state index in [0.29, 0.717) is 13.0 Å². The molecule has 0 unspecified atom stereocenters. The van der Waals surface area contributed by atoms with E-state index in [2.05, 4.69) is 5.10 Å². The lowest BCUT2D eigenvalue weighted by atomic mass is 10.2. The number of hydrogen-bond acceptors (Lipinski definition) is 2. The molecule has 1 heterocycles. The monoisotopic (exact) mass is 269 g/mol. The summed E-state index contributed by atoms with van der Waals surface area (Å²) in [4.78, 5) is 1.31. The van der Waals surface area contributed by atoms with Gasteiger partial charge in [-0.1, -0.05) is 0 Å². The molecule has 0 aliphatic rings. The second-order valence-corrected chi connectivity index (χ2v) is 4.23. The van der Waals surface area contributed by atoms with Crippen molar-refractivity contribution in [3.8, 4) is 0 Å². The molecule has 0 N–H and O–H groups in total. The van der Waals surface area contributed by atoms with E-state index >= 15 is 0 Å². The largest absolute Gasteiger partial charge is 0.401 e. The number of aryl methyl sites for hydroxylation is 1. The molecule has 1 rings (SSSR count). The minimum Gasteiger partial charge on any atom is -0.293 e. The maximum atomic E-state index is 12.3. The SMILES string of the molecule is Cn1cc(CCN(CCCl)CC(F)(F)F)cn1. The van der Waals surface area contributed by atoms with Crippen molar-refractivity contribution in [3.63, 3.8) is 0 Å². The predicted molar refractivity (Wildman–Crippen MR) is 60.1 cm³/mol. The molecule has 0 radical (unpaired) electrons. The molecular formula is C10H15ClF3N3. The van der Waals surface area contributed by atoms with E-state index < -0.39 is 12.7 Å². The Balaban J connectivity index is 2.44. The lowest BCUT2D eigenvalue weighted by Crippen LogP contribution is -2.36. The van der Waals surface area contributed by atoms with Crippen LogP contribution in [0, 0.1) is 0 Å². The molecule has 0 saturated carbocycles. The van der Waals surface area contributed by atoms with Gasteiger partial charge < -0.3 is 0 Å². The normalized spacial score (nSPS) is 12.4. The van der Waals surface area contributed by atoms with Crippen molar-refractivity contribution in [1.82, 2.24) is 14.7 Å². The van der Waals surface area contributed by atoms with Crippen LogP contribution in [0.2, 0.25) is 0 Å². The molecule has 3 nitrogen and oxygen atoms in total. The fourth-order valence-corrected chi connectivity index (χ4v) is 1.77. The Bertz CT molecular complexity index is 338. The average Bonchev–Trinajstić information content (AvgIpc) is 2.59. The van der Waals surface area contributed by atoms with Gasteiger partial charge in [-0.05, 0) is 12.0 Å². The fourth-order valence-electron chi connectivity index (χ4n) is 1.53. The standard InChI is InChI=1S/C10H15ClF3N3/c1-16-7-9(6-15-16)2-4-17(5-3-11)8-10(12,13)14/h6-7H,2-5,8H2,1H3. The first-order valence-electron chi connectivity index (χ1n) is 5.23. The fraction of sp³-hybridized carbons (Fsp3) is 0.700. The Kier molecular flexibility index (Phi) is 5.27. The topological polar surface area (TPSA) is 21.1 Å². The highest BCUT2D eigenvalue weighted by Crippen LogP contribution is 2.16. The van der Waals surface area contributed by atoms with Crippen molar-refractivity contribution in [3.05, 3.63) is 18.0 Å². The Hall–Kier alpha value is -0.750. The first-order valence-corrected chi connectivity index (χ1v) is 5.77. The van der Waals surface area contributed by atoms with Gasteiger partial charge in [-0.2, -0.15) is 18.3 Å². The molecule has 0 fully saturated rings. The van der Waals surface area contributed by atoms with E-state index in [1.54, 1.807) is 24.1 Å². The van der Waals surface area contributed by atoms with Crippen molar-refractivity contribution in [1.29, 1.82) is 0 Å². The predicted octanol–water partition coefficient (Wildman–Crippen LogP) is 2.07. The van der Waals surface area contributed by atoms with Crippen LogP contribution in [-0.2, 0) is 13.5 Å². The van der Waals surface area contributed by atoms with Gasteiger partial charge in [0.15, 0.2) is 0 Å². The van der Waals surface area contributed by atoms with E-state index in [4.69, 9.17) is 11.6 Å². The van der Waals surface area contributed by atoms with Crippen molar-refractivity contribution in [2.24, 2.45) is 7.05 Å². The lowest BCUT2D eigenvalue weighted by molar-refractivity contribution is -0.145. The van der Waals surface area contributed by atoms with Gasteiger partial charge in [-0.25, -0.2) is 0 Å². The molecular weight excluding hydrogens is 255 g/mol. The summed E-state index contributed by atoms with van der Waals surface area (Å²) in [6.07, 6.45) is -0.180. The zero-order chi connectivity index (χ0) is 12.9. The summed E-state index contributed by atoms with van der Waals surface area (Å²) in [6.45, 7) is -0.348. The molecule has 0 saturated heterocycles. The van der Waals surface area contributed by atoms with E-state index in [1.165, 1.54) is 4.90 Å². The van der Waals surface area contributed by atoms with Crippen LogP contribution in [-0.4, -0.2) is 46.4 Å². The third-order valence-corrected chi connectivity index (χ3v) is 2.45. The van der Waals surface area contributed by atoms with Gasteiger partial charge in [0.25, 0.3) is 0 Å². The highest BCUT2D eigenvalue weighted by atomic mass is 35.5. The van der Waals surface area contributed by atoms with Crippen LogP contribution in [0.15, 0.2) is 12.4 Å². The van der Waals surface area contributed by atoms with E-state index in [1.807, 2.05) is 0 Å². The van der Waals surface area contributed by atoms with Gasteiger partial charge in [0.1, 0.15) is 0 Å². The van der Waals surface area contributed by atoms with Crippen LogP contribution in [0.1, 0.15) is 5.56 Å². The summed E-state index contributed by atoms with van der Waals surface area (Å²) in [5.41, 5.74) is 0.925. The third-order valence-electron chi connectivity index (χ3n) is 2.28. The van der Waals surface area contributed by atoms with E-state index in [-0.39, 0.29) is 12.4 Å². The van der Waals surface area contributed by atoms with Crippen molar-refractivity contribution in [2.75, 3.05) is 25.5 Å². The number of halogens is 4. The smallest absolute Gasteiger partial charge is 0.293 e. The molecule has 0 spiro atoms. The minimum absolute atomic E-state index is 0.198. The summed E-state index contributed by atoms with van der Waals surface area (Å²) in [6, 6.07) is 0. The summed E-state index contributed by atoms with van der Waals surface area (Å²) >= 11 is 5.49. The van der Waals surface area contributed by atoms with Crippen LogP contribution >= 0.6 is 11.6 Å².